The normalized spacial score (nSPS) is 19.8. The number of likely N-dealkylation sites (tertiary alicyclic amines) is 1. The summed E-state index contributed by atoms with van der Waals surface area (Å²) in [5.41, 5.74) is 9.71. The van der Waals surface area contributed by atoms with Crippen molar-refractivity contribution < 1.29 is 0 Å². The molecule has 2 N–H and O–H groups in total. The van der Waals surface area contributed by atoms with Gasteiger partial charge >= 0.3 is 0 Å². The van der Waals surface area contributed by atoms with Crippen LogP contribution >= 0.6 is 0 Å². The molecule has 1 aromatic heterocycles. The second-order valence-electron chi connectivity index (χ2n) is 6.24. The number of benzene rings is 1. The van der Waals surface area contributed by atoms with Gasteiger partial charge in [0, 0.05) is 18.7 Å². The van der Waals surface area contributed by atoms with Crippen LogP contribution in [0.2, 0.25) is 0 Å². The van der Waals surface area contributed by atoms with Gasteiger partial charge in [0.1, 0.15) is 5.82 Å². The lowest BCUT2D eigenvalue weighted by atomic mass is 10.00. The van der Waals surface area contributed by atoms with Crippen molar-refractivity contribution in [3.05, 3.63) is 41.6 Å². The van der Waals surface area contributed by atoms with Crippen molar-refractivity contribution in [2.75, 3.05) is 18.8 Å². The molecule has 1 fully saturated rings. The molecule has 2 aromatic rings. The van der Waals surface area contributed by atoms with E-state index in [1.165, 1.54) is 24.9 Å². The molecule has 1 atom stereocenters. The number of nitrogens with two attached hydrogens (primary N) is 1. The molecule has 1 saturated heterocycles. The first-order valence-corrected chi connectivity index (χ1v) is 7.76. The molecule has 112 valence electrons. The molecular formula is C17H24N4. The lowest BCUT2D eigenvalue weighted by Crippen LogP contribution is -2.33. The highest BCUT2D eigenvalue weighted by molar-refractivity contribution is 5.49. The molecular weight excluding hydrogens is 260 g/mol. The standard InChI is InChI=1S/C17H24N4/c1-13-6-5-9-20(11-13)12-15-10-19-21(17(15)18)16-8-4-3-7-14(16)2/h3-4,7-8,10,13H,5-6,9,11-12,18H2,1-2H3. The molecule has 21 heavy (non-hydrogen) atoms. The number of nitrogens with zero attached hydrogens (tertiary/aromatic N) is 3. The predicted octanol–water partition coefficient (Wildman–Crippen LogP) is 2.99. The van der Waals surface area contributed by atoms with Crippen molar-refractivity contribution in [2.24, 2.45) is 5.92 Å². The van der Waals surface area contributed by atoms with Gasteiger partial charge in [0.25, 0.3) is 0 Å². The van der Waals surface area contributed by atoms with Gasteiger partial charge in [-0.05, 0) is 43.9 Å². The minimum Gasteiger partial charge on any atom is -0.383 e. The van der Waals surface area contributed by atoms with E-state index in [1.54, 1.807) is 0 Å². The predicted molar refractivity (Wildman–Crippen MR) is 86.4 cm³/mol. The van der Waals surface area contributed by atoms with E-state index in [0.717, 1.165) is 36.1 Å². The number of anilines is 1. The van der Waals surface area contributed by atoms with Gasteiger partial charge in [0.2, 0.25) is 0 Å². The highest BCUT2D eigenvalue weighted by Gasteiger charge is 2.19. The molecule has 3 rings (SSSR count). The van der Waals surface area contributed by atoms with E-state index in [0.29, 0.717) is 0 Å². The molecule has 0 radical (unpaired) electrons. The summed E-state index contributed by atoms with van der Waals surface area (Å²) in [4.78, 5) is 2.49. The van der Waals surface area contributed by atoms with Gasteiger partial charge in [-0.2, -0.15) is 5.10 Å². The molecule has 2 heterocycles. The van der Waals surface area contributed by atoms with E-state index >= 15 is 0 Å². The smallest absolute Gasteiger partial charge is 0.131 e. The van der Waals surface area contributed by atoms with Gasteiger partial charge in [0.15, 0.2) is 0 Å². The molecule has 1 aromatic carbocycles. The van der Waals surface area contributed by atoms with E-state index in [9.17, 15) is 0 Å². The Kier molecular flexibility index (Phi) is 3.97. The molecule has 0 aliphatic carbocycles. The van der Waals surface area contributed by atoms with Crippen LogP contribution < -0.4 is 5.73 Å². The Balaban J connectivity index is 1.81. The summed E-state index contributed by atoms with van der Waals surface area (Å²) in [6.45, 7) is 7.64. The molecule has 1 unspecified atom stereocenters. The molecule has 4 nitrogen and oxygen atoms in total. The number of aryl methyl sites for hydroxylation is 1. The van der Waals surface area contributed by atoms with Crippen molar-refractivity contribution in [1.29, 1.82) is 0 Å². The third kappa shape index (κ3) is 2.95. The molecule has 1 aliphatic rings. The SMILES string of the molecule is Cc1ccccc1-n1ncc(CN2CCCC(C)C2)c1N. The van der Waals surface area contributed by atoms with Crippen LogP contribution in [0.5, 0.6) is 0 Å². The number of nitrogen functional groups attached to an aromatic ring is 1. The van der Waals surface area contributed by atoms with Crippen LogP contribution in [-0.4, -0.2) is 27.8 Å². The Morgan fingerprint density at radius 1 is 1.33 bits per heavy atom. The molecule has 0 bridgehead atoms. The first-order chi connectivity index (χ1) is 10.1. The van der Waals surface area contributed by atoms with Crippen molar-refractivity contribution in [3.8, 4) is 5.69 Å². The zero-order valence-corrected chi connectivity index (χ0v) is 12.9. The lowest BCUT2D eigenvalue weighted by molar-refractivity contribution is 0.177. The molecule has 0 saturated carbocycles. The number of rotatable bonds is 3. The van der Waals surface area contributed by atoms with Crippen LogP contribution in [0.1, 0.15) is 30.9 Å². The quantitative estimate of drug-likeness (QED) is 0.942. The van der Waals surface area contributed by atoms with Crippen molar-refractivity contribution in [2.45, 2.75) is 33.2 Å². The van der Waals surface area contributed by atoms with Gasteiger partial charge in [-0.3, -0.25) is 4.90 Å². The molecule has 0 spiro atoms. The van der Waals surface area contributed by atoms with E-state index in [1.807, 2.05) is 23.0 Å². The van der Waals surface area contributed by atoms with Crippen LogP contribution in [0.25, 0.3) is 5.69 Å². The number of aromatic nitrogens is 2. The third-order valence-corrected chi connectivity index (χ3v) is 4.36. The first-order valence-electron chi connectivity index (χ1n) is 7.76. The van der Waals surface area contributed by atoms with Crippen molar-refractivity contribution >= 4 is 5.82 Å². The minimum atomic E-state index is 0.766. The van der Waals surface area contributed by atoms with Crippen LogP contribution in [0, 0.1) is 12.8 Å². The molecule has 1 aliphatic heterocycles. The van der Waals surface area contributed by atoms with Crippen molar-refractivity contribution in [1.82, 2.24) is 14.7 Å². The number of para-hydroxylation sites is 1. The number of hydrogen-bond acceptors (Lipinski definition) is 3. The Bertz CT molecular complexity index is 617. The van der Waals surface area contributed by atoms with Crippen molar-refractivity contribution in [3.63, 3.8) is 0 Å². The van der Waals surface area contributed by atoms with Gasteiger partial charge in [-0.1, -0.05) is 25.1 Å². The van der Waals surface area contributed by atoms with Gasteiger partial charge in [-0.15, -0.1) is 0 Å². The van der Waals surface area contributed by atoms with Crippen LogP contribution in [-0.2, 0) is 6.54 Å². The Morgan fingerprint density at radius 3 is 2.90 bits per heavy atom. The van der Waals surface area contributed by atoms with Gasteiger partial charge in [-0.25, -0.2) is 4.68 Å². The lowest BCUT2D eigenvalue weighted by Gasteiger charge is -2.30. The summed E-state index contributed by atoms with van der Waals surface area (Å²) in [5.74, 6) is 1.55. The fourth-order valence-corrected chi connectivity index (χ4v) is 3.18. The summed E-state index contributed by atoms with van der Waals surface area (Å²) in [6.07, 6.45) is 4.54. The first kappa shape index (κ1) is 14.1. The monoisotopic (exact) mass is 284 g/mol. The van der Waals surface area contributed by atoms with Gasteiger partial charge < -0.3 is 5.73 Å². The fraction of sp³-hybridized carbons (Fsp3) is 0.471. The van der Waals surface area contributed by atoms with Crippen LogP contribution in [0.4, 0.5) is 5.82 Å². The minimum absolute atomic E-state index is 0.766. The molecule has 0 amide bonds. The Labute approximate surface area is 126 Å². The summed E-state index contributed by atoms with van der Waals surface area (Å²) in [5, 5.41) is 4.50. The fourth-order valence-electron chi connectivity index (χ4n) is 3.18. The number of piperidine rings is 1. The second-order valence-corrected chi connectivity index (χ2v) is 6.24. The van der Waals surface area contributed by atoms with Crippen LogP contribution in [0.3, 0.4) is 0 Å². The van der Waals surface area contributed by atoms with Gasteiger partial charge in [0.05, 0.1) is 11.9 Å². The summed E-state index contributed by atoms with van der Waals surface area (Å²) < 4.78 is 1.86. The Hall–Kier alpha value is -1.81. The number of hydrogen-bond donors (Lipinski definition) is 1. The highest BCUT2D eigenvalue weighted by atomic mass is 15.3. The zero-order chi connectivity index (χ0) is 14.8. The van der Waals surface area contributed by atoms with Crippen LogP contribution in [0.15, 0.2) is 30.5 Å². The Morgan fingerprint density at radius 2 is 2.14 bits per heavy atom. The largest absolute Gasteiger partial charge is 0.383 e. The average Bonchev–Trinajstić information content (AvgIpc) is 2.81. The van der Waals surface area contributed by atoms with E-state index in [-0.39, 0.29) is 0 Å². The highest BCUT2D eigenvalue weighted by Crippen LogP contribution is 2.23. The summed E-state index contributed by atoms with van der Waals surface area (Å²) >= 11 is 0. The van der Waals surface area contributed by atoms with E-state index in [4.69, 9.17) is 5.73 Å². The zero-order valence-electron chi connectivity index (χ0n) is 12.9. The summed E-state index contributed by atoms with van der Waals surface area (Å²) in [7, 11) is 0. The topological polar surface area (TPSA) is 47.1 Å². The third-order valence-electron chi connectivity index (χ3n) is 4.36. The maximum atomic E-state index is 6.33. The van der Waals surface area contributed by atoms with E-state index in [2.05, 4.69) is 36.0 Å². The van der Waals surface area contributed by atoms with E-state index < -0.39 is 0 Å². The average molecular weight is 284 g/mol. The maximum Gasteiger partial charge on any atom is 0.131 e. The summed E-state index contributed by atoms with van der Waals surface area (Å²) in [6, 6.07) is 8.21. The maximum absolute atomic E-state index is 6.33. The second kappa shape index (κ2) is 5.90. The molecule has 4 heteroatoms.